The van der Waals surface area contributed by atoms with Gasteiger partial charge in [0, 0.05) is 11.8 Å². The van der Waals surface area contributed by atoms with Crippen LogP contribution >= 0.6 is 0 Å². The first-order valence-corrected chi connectivity index (χ1v) is 9.26. The molecule has 0 bridgehead atoms. The molecule has 0 atom stereocenters. The zero-order valence-electron chi connectivity index (χ0n) is 16.1. The molecule has 0 aliphatic heterocycles. The van der Waals surface area contributed by atoms with Gasteiger partial charge in [-0.2, -0.15) is 5.10 Å². The second-order valence-corrected chi connectivity index (χ2v) is 6.12. The number of nitrogens with zero attached hydrogens (tertiary/aromatic N) is 2. The van der Waals surface area contributed by atoms with Gasteiger partial charge in [0.25, 0.3) is 11.8 Å². The summed E-state index contributed by atoms with van der Waals surface area (Å²) >= 11 is 0. The van der Waals surface area contributed by atoms with Gasteiger partial charge in [-0.25, -0.2) is 5.43 Å². The highest BCUT2D eigenvalue weighted by Crippen LogP contribution is 2.04. The Morgan fingerprint density at radius 3 is 2.27 bits per heavy atom. The molecule has 1 aromatic heterocycles. The summed E-state index contributed by atoms with van der Waals surface area (Å²) in [5, 5.41) is 6.54. The van der Waals surface area contributed by atoms with Crippen molar-refractivity contribution in [1.82, 2.24) is 15.7 Å². The normalized spacial score (nSPS) is 11.5. The molecule has 0 aliphatic carbocycles. The molecule has 2 amide bonds. The number of benzene rings is 2. The molecule has 0 aliphatic rings. The van der Waals surface area contributed by atoms with Crippen molar-refractivity contribution in [3.8, 4) is 0 Å². The van der Waals surface area contributed by atoms with Crippen LogP contribution in [0.5, 0.6) is 0 Å². The van der Waals surface area contributed by atoms with Gasteiger partial charge in [0.1, 0.15) is 5.70 Å². The van der Waals surface area contributed by atoms with Crippen LogP contribution in [0.1, 0.15) is 21.6 Å². The summed E-state index contributed by atoms with van der Waals surface area (Å²) in [6.45, 7) is 0. The molecule has 0 radical (unpaired) electrons. The molecule has 1 heterocycles. The van der Waals surface area contributed by atoms with Crippen molar-refractivity contribution in [2.75, 3.05) is 0 Å². The Balaban J connectivity index is 1.74. The van der Waals surface area contributed by atoms with Gasteiger partial charge in [-0.05, 0) is 35.9 Å². The van der Waals surface area contributed by atoms with E-state index in [9.17, 15) is 9.59 Å². The SMILES string of the molecule is O=C(N/N=C/c1ccccn1)/C(=C/C=C/c1ccccc1)NC(=O)c1ccccc1. The lowest BCUT2D eigenvalue weighted by atomic mass is 10.2. The average Bonchev–Trinajstić information content (AvgIpc) is 2.80. The second-order valence-electron chi connectivity index (χ2n) is 6.12. The summed E-state index contributed by atoms with van der Waals surface area (Å²) in [7, 11) is 0. The van der Waals surface area contributed by atoms with Crippen LogP contribution in [0.3, 0.4) is 0 Å². The second kappa shape index (κ2) is 10.9. The smallest absolute Gasteiger partial charge is 0.287 e. The lowest BCUT2D eigenvalue weighted by molar-refractivity contribution is -0.117. The first-order valence-electron chi connectivity index (χ1n) is 9.26. The Morgan fingerprint density at radius 1 is 0.867 bits per heavy atom. The monoisotopic (exact) mass is 396 g/mol. The molecule has 0 saturated heterocycles. The van der Waals surface area contributed by atoms with Crippen molar-refractivity contribution in [2.24, 2.45) is 5.10 Å². The quantitative estimate of drug-likeness (QED) is 0.277. The highest BCUT2D eigenvalue weighted by molar-refractivity contribution is 6.03. The predicted octanol–water partition coefficient (Wildman–Crippen LogP) is 3.56. The Morgan fingerprint density at radius 2 is 1.57 bits per heavy atom. The van der Waals surface area contributed by atoms with Gasteiger partial charge in [0.2, 0.25) is 0 Å². The number of aromatic nitrogens is 1. The molecule has 30 heavy (non-hydrogen) atoms. The molecule has 0 saturated carbocycles. The predicted molar refractivity (Wildman–Crippen MR) is 117 cm³/mol. The highest BCUT2D eigenvalue weighted by Gasteiger charge is 2.13. The highest BCUT2D eigenvalue weighted by atomic mass is 16.2. The first kappa shape index (κ1) is 20.4. The van der Waals surface area contributed by atoms with E-state index in [1.807, 2.05) is 48.5 Å². The minimum Gasteiger partial charge on any atom is -0.317 e. The van der Waals surface area contributed by atoms with Crippen LogP contribution < -0.4 is 10.7 Å². The third kappa shape index (κ3) is 6.38. The molecule has 6 heteroatoms. The van der Waals surface area contributed by atoms with Gasteiger partial charge in [-0.1, -0.05) is 66.7 Å². The van der Waals surface area contributed by atoms with E-state index in [0.29, 0.717) is 11.3 Å². The number of hydrazone groups is 1. The molecule has 6 nitrogen and oxygen atoms in total. The number of nitrogens with one attached hydrogen (secondary N) is 2. The van der Waals surface area contributed by atoms with Crippen LogP contribution in [0.4, 0.5) is 0 Å². The van der Waals surface area contributed by atoms with Crippen LogP contribution in [0.2, 0.25) is 0 Å². The van der Waals surface area contributed by atoms with E-state index in [0.717, 1.165) is 5.56 Å². The molecule has 2 aromatic carbocycles. The van der Waals surface area contributed by atoms with E-state index in [1.54, 1.807) is 48.7 Å². The standard InChI is InChI=1S/C24H20N4O2/c29-23(20-13-5-2-6-14-20)27-22(16-9-12-19-10-3-1-4-11-19)24(30)28-26-18-21-15-7-8-17-25-21/h1-18H,(H,27,29)(H,28,30)/b12-9+,22-16-,26-18+. The largest absolute Gasteiger partial charge is 0.317 e. The van der Waals surface area contributed by atoms with E-state index in [4.69, 9.17) is 0 Å². The fourth-order valence-corrected chi connectivity index (χ4v) is 2.45. The number of allylic oxidation sites excluding steroid dienone is 2. The third-order valence-corrected chi connectivity index (χ3v) is 3.93. The summed E-state index contributed by atoms with van der Waals surface area (Å²) < 4.78 is 0. The van der Waals surface area contributed by atoms with Crippen molar-refractivity contribution >= 4 is 24.1 Å². The molecule has 2 N–H and O–H groups in total. The molecule has 0 unspecified atom stereocenters. The Labute approximate surface area is 174 Å². The van der Waals surface area contributed by atoms with Crippen molar-refractivity contribution < 1.29 is 9.59 Å². The summed E-state index contributed by atoms with van der Waals surface area (Å²) in [5.41, 5.74) is 4.49. The van der Waals surface area contributed by atoms with Gasteiger partial charge < -0.3 is 5.32 Å². The first-order chi connectivity index (χ1) is 14.7. The van der Waals surface area contributed by atoms with Crippen molar-refractivity contribution in [3.63, 3.8) is 0 Å². The molecular formula is C24H20N4O2. The summed E-state index contributed by atoms with van der Waals surface area (Å²) in [4.78, 5) is 29.2. The number of hydrogen-bond acceptors (Lipinski definition) is 4. The van der Waals surface area contributed by atoms with Crippen molar-refractivity contribution in [1.29, 1.82) is 0 Å². The lowest BCUT2D eigenvalue weighted by Gasteiger charge is -2.08. The maximum absolute atomic E-state index is 12.6. The van der Waals surface area contributed by atoms with Crippen LogP contribution in [-0.4, -0.2) is 23.0 Å². The van der Waals surface area contributed by atoms with E-state index < -0.39 is 5.91 Å². The molecule has 0 fully saturated rings. The minimum absolute atomic E-state index is 0.0641. The Hall–Kier alpha value is -4.32. The summed E-state index contributed by atoms with van der Waals surface area (Å²) in [5.74, 6) is -0.942. The van der Waals surface area contributed by atoms with Gasteiger partial charge in [-0.15, -0.1) is 0 Å². The number of carbonyl (C=O) groups excluding carboxylic acids is 2. The fourth-order valence-electron chi connectivity index (χ4n) is 2.45. The van der Waals surface area contributed by atoms with Crippen molar-refractivity contribution in [2.45, 2.75) is 0 Å². The Bertz CT molecular complexity index is 1060. The third-order valence-electron chi connectivity index (χ3n) is 3.93. The van der Waals surface area contributed by atoms with Gasteiger partial charge >= 0.3 is 0 Å². The van der Waals surface area contributed by atoms with E-state index in [-0.39, 0.29) is 11.6 Å². The minimum atomic E-state index is -0.552. The van der Waals surface area contributed by atoms with Crippen molar-refractivity contribution in [3.05, 3.63) is 120 Å². The fraction of sp³-hybridized carbons (Fsp3) is 0. The zero-order chi connectivity index (χ0) is 21.0. The number of pyridine rings is 1. The van der Waals surface area contributed by atoms with Crippen LogP contribution in [-0.2, 0) is 4.79 Å². The average molecular weight is 396 g/mol. The summed E-state index contributed by atoms with van der Waals surface area (Å²) in [6, 6.07) is 23.6. The van der Waals surface area contributed by atoms with E-state index >= 15 is 0 Å². The maximum Gasteiger partial charge on any atom is 0.287 e. The summed E-state index contributed by atoms with van der Waals surface area (Å²) in [6.07, 6.45) is 8.11. The zero-order valence-corrected chi connectivity index (χ0v) is 16.1. The topological polar surface area (TPSA) is 83.4 Å². The van der Waals surface area contributed by atoms with Gasteiger partial charge in [-0.3, -0.25) is 14.6 Å². The maximum atomic E-state index is 12.6. The molecule has 3 aromatic rings. The molecule has 0 spiro atoms. The molecule has 148 valence electrons. The Kier molecular flexibility index (Phi) is 7.40. The number of rotatable bonds is 7. The number of hydrogen-bond donors (Lipinski definition) is 2. The van der Waals surface area contributed by atoms with Crippen LogP contribution in [0.15, 0.2) is 108 Å². The van der Waals surface area contributed by atoms with Crippen LogP contribution in [0, 0.1) is 0 Å². The number of amides is 2. The van der Waals surface area contributed by atoms with Gasteiger partial charge in [0.05, 0.1) is 11.9 Å². The van der Waals surface area contributed by atoms with E-state index in [2.05, 4.69) is 20.8 Å². The van der Waals surface area contributed by atoms with E-state index in [1.165, 1.54) is 12.3 Å². The lowest BCUT2D eigenvalue weighted by Crippen LogP contribution is -2.32. The van der Waals surface area contributed by atoms with Crippen LogP contribution in [0.25, 0.3) is 6.08 Å². The van der Waals surface area contributed by atoms with Gasteiger partial charge in [0.15, 0.2) is 0 Å². The molecular weight excluding hydrogens is 376 g/mol. The molecule has 3 rings (SSSR count). The number of carbonyl (C=O) groups is 2.